The molecule has 0 unspecified atom stereocenters. The Morgan fingerprint density at radius 1 is 1.20 bits per heavy atom. The van der Waals surface area contributed by atoms with Gasteiger partial charge in [0.25, 0.3) is 0 Å². The second-order valence-electron chi connectivity index (χ2n) is 6.69. The Labute approximate surface area is 176 Å². The van der Waals surface area contributed by atoms with Gasteiger partial charge in [-0.15, -0.1) is 0 Å². The van der Waals surface area contributed by atoms with E-state index in [9.17, 15) is 8.42 Å². The van der Waals surface area contributed by atoms with Crippen molar-refractivity contribution >= 4 is 16.0 Å². The number of rotatable bonds is 7. The second kappa shape index (κ2) is 9.81. The van der Waals surface area contributed by atoms with Crippen LogP contribution in [0.15, 0.2) is 40.0 Å². The smallest absolute Gasteiger partial charge is 0.220 e. The predicted molar refractivity (Wildman–Crippen MR) is 112 cm³/mol. The fraction of sp³-hybridized carbons (Fsp3) is 0.474. The van der Waals surface area contributed by atoms with Gasteiger partial charge in [0.2, 0.25) is 10.0 Å². The minimum atomic E-state index is -3.44. The van der Waals surface area contributed by atoms with Gasteiger partial charge >= 0.3 is 0 Å². The minimum absolute atomic E-state index is 0.161. The predicted octanol–water partition coefficient (Wildman–Crippen LogP) is 0.915. The third kappa shape index (κ3) is 5.03. The van der Waals surface area contributed by atoms with Gasteiger partial charge in [-0.25, -0.2) is 8.42 Å². The lowest BCUT2D eigenvalue weighted by atomic mass is 10.2. The molecule has 1 aromatic carbocycles. The Morgan fingerprint density at radius 3 is 2.57 bits per heavy atom. The highest BCUT2D eigenvalue weighted by molar-refractivity contribution is 7.88. The first-order valence-electron chi connectivity index (χ1n) is 9.51. The molecule has 0 bridgehead atoms. The van der Waals surface area contributed by atoms with Crippen LogP contribution in [0.3, 0.4) is 0 Å². The number of aromatic nitrogens is 1. The van der Waals surface area contributed by atoms with Crippen molar-refractivity contribution in [3.8, 4) is 11.5 Å². The summed E-state index contributed by atoms with van der Waals surface area (Å²) in [6.45, 7) is 2.32. The fourth-order valence-electron chi connectivity index (χ4n) is 3.37. The van der Waals surface area contributed by atoms with Gasteiger partial charge in [0.1, 0.15) is 12.0 Å². The summed E-state index contributed by atoms with van der Waals surface area (Å²) in [6, 6.07) is 7.26. The summed E-state index contributed by atoms with van der Waals surface area (Å²) in [6.07, 6.45) is 1.37. The molecule has 1 aromatic heterocycles. The van der Waals surface area contributed by atoms with Crippen LogP contribution in [0.5, 0.6) is 11.5 Å². The number of methoxy groups -OCH3 is 2. The number of hydrogen-bond acceptors (Lipinski definition) is 7. The summed E-state index contributed by atoms with van der Waals surface area (Å²) in [5, 5.41) is 7.01. The number of nitrogens with one attached hydrogen (secondary N) is 1. The molecule has 11 heteroatoms. The number of guanidine groups is 1. The van der Waals surface area contributed by atoms with Gasteiger partial charge < -0.3 is 24.2 Å². The topological polar surface area (TPSA) is 110 Å². The van der Waals surface area contributed by atoms with E-state index in [-0.39, 0.29) is 5.75 Å². The maximum Gasteiger partial charge on any atom is 0.220 e. The SMILES string of the molecule is CN=C(NCc1cccc(OC)c1OC)N1CCN(S(=O)(=O)Cc2ccon2)CC1. The first-order chi connectivity index (χ1) is 14.5. The van der Waals surface area contributed by atoms with Gasteiger partial charge in [-0.05, 0) is 6.07 Å². The van der Waals surface area contributed by atoms with Gasteiger partial charge in [-0.2, -0.15) is 4.31 Å². The Kier molecular flexibility index (Phi) is 7.16. The molecule has 0 spiro atoms. The van der Waals surface area contributed by atoms with E-state index in [2.05, 4.69) is 15.5 Å². The first kappa shape index (κ1) is 21.9. The van der Waals surface area contributed by atoms with Crippen molar-refractivity contribution in [3.05, 3.63) is 41.8 Å². The standard InChI is InChI=1S/C19H27N5O5S/c1-20-19(21-13-15-5-4-6-17(27-2)18(15)28-3)23-8-10-24(11-9-23)30(25,26)14-16-7-12-29-22-16/h4-7,12H,8-11,13-14H2,1-3H3,(H,20,21). The zero-order chi connectivity index (χ0) is 21.6. The van der Waals surface area contributed by atoms with Gasteiger partial charge in [0.15, 0.2) is 17.5 Å². The highest BCUT2D eigenvalue weighted by Crippen LogP contribution is 2.30. The van der Waals surface area contributed by atoms with E-state index in [1.54, 1.807) is 27.3 Å². The quantitative estimate of drug-likeness (QED) is 0.503. The molecule has 0 atom stereocenters. The molecule has 30 heavy (non-hydrogen) atoms. The highest BCUT2D eigenvalue weighted by Gasteiger charge is 2.29. The molecule has 164 valence electrons. The molecule has 1 aliphatic rings. The molecule has 0 amide bonds. The van der Waals surface area contributed by atoms with E-state index < -0.39 is 10.0 Å². The number of para-hydroxylation sites is 1. The van der Waals surface area contributed by atoms with Crippen molar-refractivity contribution < 1.29 is 22.4 Å². The first-order valence-corrected chi connectivity index (χ1v) is 11.1. The van der Waals surface area contributed by atoms with Crippen molar-refractivity contribution in [3.63, 3.8) is 0 Å². The largest absolute Gasteiger partial charge is 0.493 e. The van der Waals surface area contributed by atoms with E-state index in [1.807, 2.05) is 23.1 Å². The molecular formula is C19H27N5O5S. The molecule has 0 saturated carbocycles. The molecule has 2 aromatic rings. The molecule has 1 fully saturated rings. The van der Waals surface area contributed by atoms with Crippen molar-refractivity contribution in [1.82, 2.24) is 19.7 Å². The summed E-state index contributed by atoms with van der Waals surface area (Å²) in [4.78, 5) is 6.38. The van der Waals surface area contributed by atoms with E-state index in [0.717, 1.165) is 5.56 Å². The zero-order valence-electron chi connectivity index (χ0n) is 17.4. The average molecular weight is 438 g/mol. The van der Waals surface area contributed by atoms with Crippen LogP contribution in [0.2, 0.25) is 0 Å². The third-order valence-electron chi connectivity index (χ3n) is 4.89. The van der Waals surface area contributed by atoms with Crippen LogP contribution in [-0.2, 0) is 22.3 Å². The summed E-state index contributed by atoms with van der Waals surface area (Å²) in [5.41, 5.74) is 1.34. The molecule has 0 radical (unpaired) electrons. The van der Waals surface area contributed by atoms with Gasteiger partial charge in [-0.3, -0.25) is 4.99 Å². The molecule has 3 rings (SSSR count). The van der Waals surface area contributed by atoms with E-state index in [0.29, 0.717) is 55.9 Å². The maximum absolute atomic E-state index is 12.6. The maximum atomic E-state index is 12.6. The molecule has 1 N–H and O–H groups in total. The van der Waals surface area contributed by atoms with Gasteiger partial charge in [0, 0.05) is 51.4 Å². The summed E-state index contributed by atoms with van der Waals surface area (Å²) in [7, 11) is 1.47. The highest BCUT2D eigenvalue weighted by atomic mass is 32.2. The third-order valence-corrected chi connectivity index (χ3v) is 6.70. The average Bonchev–Trinajstić information content (AvgIpc) is 3.26. The summed E-state index contributed by atoms with van der Waals surface area (Å²) >= 11 is 0. The normalized spacial score (nSPS) is 15.8. The Hall–Kier alpha value is -2.79. The lowest BCUT2D eigenvalue weighted by molar-refractivity contribution is 0.259. The van der Waals surface area contributed by atoms with Gasteiger partial charge in [-0.1, -0.05) is 17.3 Å². The van der Waals surface area contributed by atoms with Crippen LogP contribution >= 0.6 is 0 Å². The number of benzene rings is 1. The van der Waals surface area contributed by atoms with Crippen LogP contribution in [-0.4, -0.2) is 76.2 Å². The lowest BCUT2D eigenvalue weighted by Crippen LogP contribution is -2.53. The Balaban J connectivity index is 1.58. The zero-order valence-corrected chi connectivity index (χ0v) is 18.2. The number of piperazine rings is 1. The molecule has 1 aliphatic heterocycles. The van der Waals surface area contributed by atoms with Crippen LogP contribution in [0, 0.1) is 0 Å². The van der Waals surface area contributed by atoms with Crippen LogP contribution in [0.4, 0.5) is 0 Å². The van der Waals surface area contributed by atoms with E-state index >= 15 is 0 Å². The Bertz CT molecular complexity index is 954. The summed E-state index contributed by atoms with van der Waals surface area (Å²) in [5.74, 6) is 1.88. The molecule has 2 heterocycles. The number of ether oxygens (including phenoxy) is 2. The molecule has 0 aliphatic carbocycles. The van der Waals surface area contributed by atoms with Gasteiger partial charge in [0.05, 0.1) is 19.9 Å². The molecule has 10 nitrogen and oxygen atoms in total. The van der Waals surface area contributed by atoms with E-state index in [4.69, 9.17) is 14.0 Å². The van der Waals surface area contributed by atoms with Crippen LogP contribution in [0.1, 0.15) is 11.3 Å². The number of nitrogens with zero attached hydrogens (tertiary/aromatic N) is 4. The van der Waals surface area contributed by atoms with E-state index in [1.165, 1.54) is 10.6 Å². The molecule has 1 saturated heterocycles. The number of hydrogen-bond donors (Lipinski definition) is 1. The Morgan fingerprint density at radius 2 is 1.97 bits per heavy atom. The van der Waals surface area contributed by atoms with Crippen LogP contribution < -0.4 is 14.8 Å². The second-order valence-corrected chi connectivity index (χ2v) is 8.66. The van der Waals surface area contributed by atoms with Crippen molar-refractivity contribution in [2.45, 2.75) is 12.3 Å². The summed E-state index contributed by atoms with van der Waals surface area (Å²) < 4.78 is 42.2. The number of aliphatic imine (C=N–C) groups is 1. The lowest BCUT2D eigenvalue weighted by Gasteiger charge is -2.35. The molecular weight excluding hydrogens is 410 g/mol. The van der Waals surface area contributed by atoms with Crippen molar-refractivity contribution in [1.29, 1.82) is 0 Å². The van der Waals surface area contributed by atoms with Crippen molar-refractivity contribution in [2.24, 2.45) is 4.99 Å². The monoisotopic (exact) mass is 437 g/mol. The van der Waals surface area contributed by atoms with Crippen molar-refractivity contribution in [2.75, 3.05) is 47.4 Å². The van der Waals surface area contributed by atoms with Crippen LogP contribution in [0.25, 0.3) is 0 Å². The number of sulfonamides is 1. The minimum Gasteiger partial charge on any atom is -0.493 e. The fourth-order valence-corrected chi connectivity index (χ4v) is 4.79.